The topological polar surface area (TPSA) is 114 Å². The fraction of sp³-hybridized carbons (Fsp3) is 0.435. The Kier molecular flexibility index (Phi) is 6.64. The van der Waals surface area contributed by atoms with Gasteiger partial charge in [-0.05, 0) is 18.1 Å². The molecule has 2 aromatic heterocycles. The Balaban J connectivity index is 1.36. The lowest BCUT2D eigenvalue weighted by Crippen LogP contribution is -2.52. The number of benzene rings is 1. The zero-order chi connectivity index (χ0) is 24.4. The molecule has 0 aliphatic carbocycles. The first kappa shape index (κ1) is 23.4. The Morgan fingerprint density at radius 1 is 1.03 bits per heavy atom. The number of anilines is 1. The molecule has 1 aliphatic heterocycles. The molecule has 3 heterocycles. The molecule has 0 radical (unpaired) electrons. The fourth-order valence-corrected chi connectivity index (χ4v) is 4.27. The van der Waals surface area contributed by atoms with E-state index in [0.29, 0.717) is 26.2 Å². The molecule has 0 unspecified atom stereocenters. The van der Waals surface area contributed by atoms with Gasteiger partial charge in [-0.25, -0.2) is 14.3 Å². The van der Waals surface area contributed by atoms with Gasteiger partial charge in [0.15, 0.2) is 11.2 Å². The van der Waals surface area contributed by atoms with Crippen LogP contribution in [0.15, 0.2) is 40.2 Å². The second-order valence-electron chi connectivity index (χ2n) is 8.48. The highest BCUT2D eigenvalue weighted by molar-refractivity contribution is 5.93. The lowest BCUT2D eigenvalue weighted by atomic mass is 10.1. The average molecular weight is 468 g/mol. The zero-order valence-corrected chi connectivity index (χ0v) is 19.7. The van der Waals surface area contributed by atoms with E-state index in [2.05, 4.69) is 10.3 Å². The van der Waals surface area contributed by atoms with Crippen molar-refractivity contribution in [3.05, 3.63) is 57.0 Å². The number of nitrogens with zero attached hydrogens (tertiary/aromatic N) is 6. The summed E-state index contributed by atoms with van der Waals surface area (Å²) >= 11 is 0. The molecule has 1 fully saturated rings. The highest BCUT2D eigenvalue weighted by atomic mass is 16.2. The zero-order valence-electron chi connectivity index (χ0n) is 19.7. The monoisotopic (exact) mass is 467 g/mol. The minimum atomic E-state index is -0.577. The molecule has 34 heavy (non-hydrogen) atoms. The van der Waals surface area contributed by atoms with Gasteiger partial charge in [-0.1, -0.05) is 25.1 Å². The number of carbonyl (C=O) groups excluding carboxylic acids is 2. The van der Waals surface area contributed by atoms with Crippen LogP contribution in [0, 0.1) is 0 Å². The number of fused-ring (bicyclic) bond motifs is 1. The van der Waals surface area contributed by atoms with Crippen LogP contribution in [0.1, 0.15) is 12.5 Å². The first-order chi connectivity index (χ1) is 16.3. The summed E-state index contributed by atoms with van der Waals surface area (Å²) in [6, 6.07) is 7.72. The predicted molar refractivity (Wildman–Crippen MR) is 128 cm³/mol. The molecule has 1 saturated heterocycles. The first-order valence-electron chi connectivity index (χ1n) is 11.3. The van der Waals surface area contributed by atoms with E-state index < -0.39 is 11.2 Å². The first-order valence-corrected chi connectivity index (χ1v) is 11.3. The minimum absolute atomic E-state index is 0.0970. The van der Waals surface area contributed by atoms with Gasteiger partial charge < -0.3 is 14.8 Å². The summed E-state index contributed by atoms with van der Waals surface area (Å²) in [5.41, 5.74) is 1.35. The number of carbonyl (C=O) groups is 2. The molecule has 11 nitrogen and oxygen atoms in total. The summed E-state index contributed by atoms with van der Waals surface area (Å²) < 4.78 is 3.77. The summed E-state index contributed by atoms with van der Waals surface area (Å²) in [7, 11) is 3.20. The van der Waals surface area contributed by atoms with Crippen molar-refractivity contribution in [2.75, 3.05) is 38.0 Å². The Bertz CT molecular complexity index is 1350. The average Bonchev–Trinajstić information content (AvgIpc) is 3.22. The van der Waals surface area contributed by atoms with Crippen LogP contribution in [0.4, 0.5) is 5.69 Å². The molecule has 2 amide bonds. The van der Waals surface area contributed by atoms with Crippen LogP contribution >= 0.6 is 0 Å². The number of amides is 2. The third kappa shape index (κ3) is 4.51. The molecule has 0 spiro atoms. The number of piperazine rings is 1. The molecule has 11 heteroatoms. The van der Waals surface area contributed by atoms with E-state index in [4.69, 9.17) is 0 Å². The van der Waals surface area contributed by atoms with E-state index in [0.717, 1.165) is 22.2 Å². The summed E-state index contributed by atoms with van der Waals surface area (Å²) in [4.78, 5) is 58.6. The van der Waals surface area contributed by atoms with Crippen molar-refractivity contribution in [2.24, 2.45) is 14.1 Å². The lowest BCUT2D eigenvalue weighted by Gasteiger charge is -2.34. The van der Waals surface area contributed by atoms with E-state index >= 15 is 0 Å². The predicted octanol–water partition coefficient (Wildman–Crippen LogP) is -0.221. The molecule has 0 atom stereocenters. The molecule has 3 aromatic rings. The maximum absolute atomic E-state index is 12.9. The Labute approximate surface area is 196 Å². The number of imidazole rings is 1. The highest BCUT2D eigenvalue weighted by Gasteiger charge is 2.24. The Morgan fingerprint density at radius 2 is 1.74 bits per heavy atom. The summed E-state index contributed by atoms with van der Waals surface area (Å²) in [5.74, 6) is -0.401. The molecule has 0 bridgehead atoms. The van der Waals surface area contributed by atoms with Gasteiger partial charge in [0.2, 0.25) is 11.8 Å². The summed E-state index contributed by atoms with van der Waals surface area (Å²) in [6.45, 7) is 3.84. The van der Waals surface area contributed by atoms with Crippen molar-refractivity contribution in [1.82, 2.24) is 28.5 Å². The van der Waals surface area contributed by atoms with Crippen molar-refractivity contribution in [3.8, 4) is 0 Å². The van der Waals surface area contributed by atoms with Crippen LogP contribution in [0.3, 0.4) is 0 Å². The summed E-state index contributed by atoms with van der Waals surface area (Å²) in [6.07, 6.45) is 2.30. The minimum Gasteiger partial charge on any atom is -0.339 e. The van der Waals surface area contributed by atoms with Crippen LogP contribution in [0.5, 0.6) is 0 Å². The normalized spacial score (nSPS) is 14.5. The molecular weight excluding hydrogens is 438 g/mol. The van der Waals surface area contributed by atoms with Gasteiger partial charge in [-0.3, -0.25) is 23.9 Å². The van der Waals surface area contributed by atoms with Crippen LogP contribution in [-0.2, 0) is 36.6 Å². The van der Waals surface area contributed by atoms with Gasteiger partial charge in [0, 0.05) is 46.0 Å². The van der Waals surface area contributed by atoms with Crippen LogP contribution in [0.25, 0.3) is 11.2 Å². The van der Waals surface area contributed by atoms with Crippen LogP contribution in [-0.4, -0.2) is 73.0 Å². The number of nitrogens with one attached hydrogen (secondary N) is 1. The maximum atomic E-state index is 12.9. The number of hydrogen-bond donors (Lipinski definition) is 1. The van der Waals surface area contributed by atoms with Crippen molar-refractivity contribution in [2.45, 2.75) is 19.9 Å². The smallest absolute Gasteiger partial charge is 0.332 e. The number of hydrogen-bond acceptors (Lipinski definition) is 6. The highest BCUT2D eigenvalue weighted by Crippen LogP contribution is 2.15. The number of rotatable bonds is 6. The number of aryl methyl sites for hydroxylation is 3. The SMILES string of the molecule is CCc1ccccc1NC(=O)CN1CCN(C(=O)Cn2c(=O)c3c(ncn3C)n(C)c2=O)CC1. The fourth-order valence-electron chi connectivity index (χ4n) is 4.27. The van der Waals surface area contributed by atoms with Crippen LogP contribution < -0.4 is 16.6 Å². The van der Waals surface area contributed by atoms with E-state index in [-0.39, 0.29) is 36.1 Å². The van der Waals surface area contributed by atoms with E-state index in [9.17, 15) is 19.2 Å². The molecule has 1 aromatic carbocycles. The van der Waals surface area contributed by atoms with Gasteiger partial charge in [0.25, 0.3) is 5.56 Å². The van der Waals surface area contributed by atoms with E-state index in [1.165, 1.54) is 17.9 Å². The molecule has 1 N–H and O–H groups in total. The van der Waals surface area contributed by atoms with E-state index in [1.807, 2.05) is 36.1 Å². The third-order valence-corrected chi connectivity index (χ3v) is 6.26. The largest absolute Gasteiger partial charge is 0.339 e. The third-order valence-electron chi connectivity index (χ3n) is 6.26. The molecule has 0 saturated carbocycles. The second kappa shape index (κ2) is 9.64. The molecule has 4 rings (SSSR count). The van der Waals surface area contributed by atoms with Gasteiger partial charge in [-0.2, -0.15) is 0 Å². The van der Waals surface area contributed by atoms with Gasteiger partial charge in [0.05, 0.1) is 12.9 Å². The van der Waals surface area contributed by atoms with Crippen molar-refractivity contribution in [1.29, 1.82) is 0 Å². The lowest BCUT2D eigenvalue weighted by molar-refractivity contribution is -0.133. The Morgan fingerprint density at radius 3 is 2.44 bits per heavy atom. The second-order valence-corrected chi connectivity index (χ2v) is 8.48. The van der Waals surface area contributed by atoms with Gasteiger partial charge in [0.1, 0.15) is 6.54 Å². The molecular formula is C23H29N7O4. The number of aromatic nitrogens is 4. The van der Waals surface area contributed by atoms with Gasteiger partial charge >= 0.3 is 5.69 Å². The quantitative estimate of drug-likeness (QED) is 0.536. The number of para-hydroxylation sites is 1. The summed E-state index contributed by atoms with van der Waals surface area (Å²) in [5, 5.41) is 2.97. The van der Waals surface area contributed by atoms with Crippen molar-refractivity contribution < 1.29 is 9.59 Å². The Hall–Kier alpha value is -3.73. The standard InChI is InChI=1S/C23H29N7O4/c1-4-16-7-5-6-8-17(16)25-18(31)13-28-9-11-29(12-10-28)19(32)14-30-22(33)20-21(24-15-26(20)2)27(3)23(30)34/h5-8,15H,4,9-14H2,1-3H3,(H,25,31). The van der Waals surface area contributed by atoms with Crippen molar-refractivity contribution >= 4 is 28.7 Å². The molecule has 180 valence electrons. The van der Waals surface area contributed by atoms with Crippen molar-refractivity contribution in [3.63, 3.8) is 0 Å². The van der Waals surface area contributed by atoms with Crippen LogP contribution in [0.2, 0.25) is 0 Å². The molecule has 1 aliphatic rings. The maximum Gasteiger partial charge on any atom is 0.332 e. The van der Waals surface area contributed by atoms with E-state index in [1.54, 1.807) is 16.5 Å². The van der Waals surface area contributed by atoms with Gasteiger partial charge in [-0.15, -0.1) is 0 Å².